The van der Waals surface area contributed by atoms with Crippen LogP contribution in [0.25, 0.3) is 0 Å². The van der Waals surface area contributed by atoms with E-state index in [0.717, 1.165) is 0 Å². The van der Waals surface area contributed by atoms with Gasteiger partial charge in [0, 0.05) is 17.7 Å². The summed E-state index contributed by atoms with van der Waals surface area (Å²) in [7, 11) is 1.37. The Labute approximate surface area is 107 Å². The second-order valence-corrected chi connectivity index (χ2v) is 4.40. The van der Waals surface area contributed by atoms with Crippen LogP contribution < -0.4 is 5.32 Å². The van der Waals surface area contributed by atoms with Crippen LogP contribution in [-0.2, 0) is 9.53 Å². The van der Waals surface area contributed by atoms with Crippen LogP contribution >= 0.6 is 11.8 Å². The molecular formula is C11H13F2NO3S. The summed E-state index contributed by atoms with van der Waals surface area (Å²) in [6, 6.07) is 5.33. The van der Waals surface area contributed by atoms with Gasteiger partial charge in [-0.3, -0.25) is 0 Å². The zero-order valence-electron chi connectivity index (χ0n) is 9.60. The fraction of sp³-hybridized carbons (Fsp3) is 0.364. The minimum Gasteiger partial charge on any atom is -0.480 e. The predicted octanol–water partition coefficient (Wildman–Crippen LogP) is 2.51. The molecule has 18 heavy (non-hydrogen) atoms. The Bertz CT molecular complexity index is 404. The number of alkyl halides is 2. The molecular weight excluding hydrogens is 264 g/mol. The van der Waals surface area contributed by atoms with E-state index < -0.39 is 17.8 Å². The lowest BCUT2D eigenvalue weighted by molar-refractivity contribution is -0.139. The van der Waals surface area contributed by atoms with Gasteiger partial charge >= 0.3 is 5.97 Å². The second-order valence-electron chi connectivity index (χ2n) is 3.37. The van der Waals surface area contributed by atoms with Gasteiger partial charge in [0.15, 0.2) is 0 Å². The van der Waals surface area contributed by atoms with Crippen LogP contribution in [0.3, 0.4) is 0 Å². The highest BCUT2D eigenvalue weighted by molar-refractivity contribution is 7.99. The molecule has 4 nitrogen and oxygen atoms in total. The molecule has 0 bridgehead atoms. The molecule has 0 aliphatic carbocycles. The Hall–Kier alpha value is -1.34. The van der Waals surface area contributed by atoms with Crippen molar-refractivity contribution in [3.63, 3.8) is 0 Å². The maximum Gasteiger partial charge on any atom is 0.328 e. The van der Waals surface area contributed by atoms with Crippen molar-refractivity contribution in [1.82, 2.24) is 0 Å². The van der Waals surface area contributed by atoms with Crippen molar-refractivity contribution in [2.45, 2.75) is 16.7 Å². The van der Waals surface area contributed by atoms with E-state index in [9.17, 15) is 13.6 Å². The molecule has 2 N–H and O–H groups in total. The molecule has 1 atom stereocenters. The van der Waals surface area contributed by atoms with E-state index in [-0.39, 0.29) is 6.61 Å². The standard InChI is InChI=1S/C11H13F2NO3S/c1-17-6-8(10(15)16)14-7-4-2-3-5-9(7)18-11(12)13/h2-5,8,11,14H,6H2,1H3,(H,15,16). The first kappa shape index (κ1) is 14.7. The molecule has 1 unspecified atom stereocenters. The van der Waals surface area contributed by atoms with Gasteiger partial charge in [-0.05, 0) is 12.1 Å². The van der Waals surface area contributed by atoms with Crippen molar-refractivity contribution < 1.29 is 23.4 Å². The predicted molar refractivity (Wildman–Crippen MR) is 65.2 cm³/mol. The van der Waals surface area contributed by atoms with Crippen LogP contribution in [0.5, 0.6) is 0 Å². The van der Waals surface area contributed by atoms with Crippen molar-refractivity contribution in [3.05, 3.63) is 24.3 Å². The third kappa shape index (κ3) is 4.50. The molecule has 0 radical (unpaired) electrons. The molecule has 100 valence electrons. The van der Waals surface area contributed by atoms with E-state index >= 15 is 0 Å². The Morgan fingerprint density at radius 1 is 1.50 bits per heavy atom. The fourth-order valence-electron chi connectivity index (χ4n) is 1.31. The Kier molecular flexibility index (Phi) is 5.87. The van der Waals surface area contributed by atoms with E-state index in [1.165, 1.54) is 13.2 Å². The third-order valence-corrected chi connectivity index (χ3v) is 2.85. The molecule has 0 saturated heterocycles. The molecule has 0 aliphatic rings. The largest absolute Gasteiger partial charge is 0.480 e. The molecule has 1 aromatic carbocycles. The lowest BCUT2D eigenvalue weighted by Crippen LogP contribution is -2.33. The highest BCUT2D eigenvalue weighted by Crippen LogP contribution is 2.31. The number of thioether (sulfide) groups is 1. The summed E-state index contributed by atoms with van der Waals surface area (Å²) in [4.78, 5) is 11.2. The van der Waals surface area contributed by atoms with Gasteiger partial charge in [-0.2, -0.15) is 8.78 Å². The van der Waals surface area contributed by atoms with Crippen molar-refractivity contribution in [1.29, 1.82) is 0 Å². The Morgan fingerprint density at radius 3 is 2.72 bits per heavy atom. The molecule has 1 aromatic rings. The van der Waals surface area contributed by atoms with Gasteiger partial charge < -0.3 is 15.2 Å². The number of rotatable bonds is 7. The molecule has 7 heteroatoms. The number of methoxy groups -OCH3 is 1. The second kappa shape index (κ2) is 7.17. The maximum atomic E-state index is 12.3. The van der Waals surface area contributed by atoms with Gasteiger partial charge in [-0.1, -0.05) is 23.9 Å². The molecule has 0 amide bonds. The summed E-state index contributed by atoms with van der Waals surface area (Å²) in [5.74, 6) is -3.66. The number of carboxylic acids is 1. The van der Waals surface area contributed by atoms with Crippen LogP contribution in [0, 0.1) is 0 Å². The topological polar surface area (TPSA) is 58.6 Å². The molecule has 0 aliphatic heterocycles. The molecule has 0 fully saturated rings. The van der Waals surface area contributed by atoms with Gasteiger partial charge in [-0.15, -0.1) is 0 Å². The van der Waals surface area contributed by atoms with E-state index in [2.05, 4.69) is 5.32 Å². The average Bonchev–Trinajstić information content (AvgIpc) is 2.30. The van der Waals surface area contributed by atoms with E-state index in [1.807, 2.05) is 0 Å². The zero-order valence-corrected chi connectivity index (χ0v) is 10.4. The number of benzene rings is 1. The molecule has 0 heterocycles. The van der Waals surface area contributed by atoms with Crippen molar-refractivity contribution in [3.8, 4) is 0 Å². The van der Waals surface area contributed by atoms with Crippen LogP contribution in [-0.4, -0.2) is 36.6 Å². The number of carbonyl (C=O) groups is 1. The van der Waals surface area contributed by atoms with Crippen molar-refractivity contribution in [2.75, 3.05) is 19.0 Å². The number of para-hydroxylation sites is 1. The summed E-state index contributed by atoms with van der Waals surface area (Å²) < 4.78 is 29.4. The number of anilines is 1. The third-order valence-electron chi connectivity index (χ3n) is 2.06. The van der Waals surface area contributed by atoms with Crippen LogP contribution in [0.15, 0.2) is 29.2 Å². The fourth-order valence-corrected chi connectivity index (χ4v) is 1.92. The summed E-state index contributed by atoms with van der Waals surface area (Å²) in [5, 5.41) is 11.6. The molecule has 1 rings (SSSR count). The molecule has 0 aromatic heterocycles. The maximum absolute atomic E-state index is 12.3. The zero-order chi connectivity index (χ0) is 13.5. The first-order valence-electron chi connectivity index (χ1n) is 5.06. The number of carboxylic acid groups (broad SMARTS) is 1. The summed E-state index contributed by atoms with van der Waals surface area (Å²) in [6.07, 6.45) is 0. The number of hydrogen-bond acceptors (Lipinski definition) is 4. The first-order valence-corrected chi connectivity index (χ1v) is 5.94. The Balaban J connectivity index is 2.84. The highest BCUT2D eigenvalue weighted by Gasteiger charge is 2.19. The van der Waals surface area contributed by atoms with Gasteiger partial charge in [0.1, 0.15) is 6.04 Å². The normalized spacial score (nSPS) is 12.4. The van der Waals surface area contributed by atoms with Crippen molar-refractivity contribution >= 4 is 23.4 Å². The lowest BCUT2D eigenvalue weighted by atomic mass is 10.2. The number of nitrogens with one attached hydrogen (secondary N) is 1. The smallest absolute Gasteiger partial charge is 0.328 e. The number of aliphatic carboxylic acids is 1. The van der Waals surface area contributed by atoms with E-state index in [1.54, 1.807) is 18.2 Å². The van der Waals surface area contributed by atoms with Crippen LogP contribution in [0.2, 0.25) is 0 Å². The van der Waals surface area contributed by atoms with Gasteiger partial charge in [0.25, 0.3) is 5.76 Å². The molecule has 0 spiro atoms. The van der Waals surface area contributed by atoms with Crippen LogP contribution in [0.4, 0.5) is 14.5 Å². The summed E-state index contributed by atoms with van der Waals surface area (Å²) in [5.41, 5.74) is 0.354. The highest BCUT2D eigenvalue weighted by atomic mass is 32.2. The van der Waals surface area contributed by atoms with Crippen LogP contribution in [0.1, 0.15) is 0 Å². The van der Waals surface area contributed by atoms with Crippen molar-refractivity contribution in [2.24, 2.45) is 0 Å². The number of halogens is 2. The summed E-state index contributed by atoms with van der Waals surface area (Å²) >= 11 is 0.367. The van der Waals surface area contributed by atoms with Gasteiger partial charge in [0.05, 0.1) is 6.61 Å². The quantitative estimate of drug-likeness (QED) is 0.750. The monoisotopic (exact) mass is 277 g/mol. The number of hydrogen-bond donors (Lipinski definition) is 2. The molecule has 0 saturated carbocycles. The SMILES string of the molecule is COCC(Nc1ccccc1SC(F)F)C(=O)O. The number of ether oxygens (including phenoxy) is 1. The van der Waals surface area contributed by atoms with Gasteiger partial charge in [0.2, 0.25) is 0 Å². The minimum atomic E-state index is -2.56. The first-order chi connectivity index (χ1) is 8.54. The Morgan fingerprint density at radius 2 is 2.17 bits per heavy atom. The van der Waals surface area contributed by atoms with E-state index in [4.69, 9.17) is 9.84 Å². The lowest BCUT2D eigenvalue weighted by Gasteiger charge is -2.17. The van der Waals surface area contributed by atoms with E-state index in [0.29, 0.717) is 22.3 Å². The van der Waals surface area contributed by atoms with Gasteiger partial charge in [-0.25, -0.2) is 4.79 Å². The summed E-state index contributed by atoms with van der Waals surface area (Å²) in [6.45, 7) is -0.0526. The minimum absolute atomic E-state index is 0.0526. The average molecular weight is 277 g/mol.